The third-order valence-electron chi connectivity index (χ3n) is 0.765. The summed E-state index contributed by atoms with van der Waals surface area (Å²) in [6.45, 7) is 6.79. The Labute approximate surface area is 59.7 Å². The van der Waals surface area contributed by atoms with E-state index in [2.05, 4.69) is 18.0 Å². The molecule has 2 N–H and O–H groups in total. The number of rotatable bonds is 3. The van der Waals surface area contributed by atoms with Crippen molar-refractivity contribution in [1.82, 2.24) is 0 Å². The van der Waals surface area contributed by atoms with Crippen LogP contribution in [0.3, 0.4) is 0 Å². The SMILES string of the molecule is C=C(C#N)C=CC(=C)ON. The van der Waals surface area contributed by atoms with Crippen molar-refractivity contribution in [3.8, 4) is 6.07 Å². The lowest BCUT2D eigenvalue weighted by Crippen LogP contribution is -1.94. The van der Waals surface area contributed by atoms with Gasteiger partial charge in [0.15, 0.2) is 0 Å². The zero-order valence-electron chi connectivity index (χ0n) is 5.50. The van der Waals surface area contributed by atoms with Crippen molar-refractivity contribution >= 4 is 0 Å². The van der Waals surface area contributed by atoms with Gasteiger partial charge in [-0.1, -0.05) is 13.2 Å². The van der Waals surface area contributed by atoms with Crippen LogP contribution < -0.4 is 5.90 Å². The van der Waals surface area contributed by atoms with Crippen molar-refractivity contribution in [1.29, 1.82) is 5.26 Å². The van der Waals surface area contributed by atoms with Gasteiger partial charge in [0.2, 0.25) is 0 Å². The van der Waals surface area contributed by atoms with Crippen LogP contribution in [0.2, 0.25) is 0 Å². The summed E-state index contributed by atoms with van der Waals surface area (Å²) in [5.41, 5.74) is 0.332. The number of nitrogens with zero attached hydrogens (tertiary/aromatic N) is 1. The molecule has 0 amide bonds. The molecule has 0 fully saturated rings. The summed E-state index contributed by atoms with van der Waals surface area (Å²) < 4.78 is 0. The maximum absolute atomic E-state index is 8.22. The Hall–Kier alpha value is -1.53. The normalized spacial score (nSPS) is 8.80. The van der Waals surface area contributed by atoms with Gasteiger partial charge in [-0.15, -0.1) is 0 Å². The molecule has 3 nitrogen and oxygen atoms in total. The first-order valence-electron chi connectivity index (χ1n) is 2.53. The Morgan fingerprint density at radius 2 is 2.10 bits per heavy atom. The van der Waals surface area contributed by atoms with E-state index in [-0.39, 0.29) is 5.76 Å². The molecule has 0 aliphatic heterocycles. The van der Waals surface area contributed by atoms with Gasteiger partial charge in [0.05, 0.1) is 6.07 Å². The van der Waals surface area contributed by atoms with Crippen LogP contribution in [-0.4, -0.2) is 0 Å². The molecule has 0 spiro atoms. The third kappa shape index (κ3) is 3.47. The molecule has 0 heterocycles. The average molecular weight is 136 g/mol. The van der Waals surface area contributed by atoms with E-state index in [1.807, 2.05) is 6.07 Å². The van der Waals surface area contributed by atoms with Crippen molar-refractivity contribution in [2.75, 3.05) is 0 Å². The molecule has 0 unspecified atom stereocenters. The van der Waals surface area contributed by atoms with Crippen LogP contribution in [0.5, 0.6) is 0 Å². The van der Waals surface area contributed by atoms with Crippen LogP contribution in [0, 0.1) is 11.3 Å². The number of allylic oxidation sites excluding steroid dienone is 3. The first kappa shape index (κ1) is 8.47. The van der Waals surface area contributed by atoms with Gasteiger partial charge in [-0.3, -0.25) is 0 Å². The third-order valence-corrected chi connectivity index (χ3v) is 0.765. The van der Waals surface area contributed by atoms with E-state index in [0.29, 0.717) is 5.57 Å². The molecule has 0 bridgehead atoms. The highest BCUT2D eigenvalue weighted by Crippen LogP contribution is 1.95. The standard InChI is InChI=1S/C7H8N2O/c1-6(5-8)3-4-7(2)10-9/h3-4H,1-2,9H2. The lowest BCUT2D eigenvalue weighted by atomic mass is 10.3. The molecule has 0 saturated heterocycles. The zero-order chi connectivity index (χ0) is 7.98. The lowest BCUT2D eigenvalue weighted by Gasteiger charge is -1.92. The fraction of sp³-hybridized carbons (Fsp3) is 0. The monoisotopic (exact) mass is 136 g/mol. The van der Waals surface area contributed by atoms with Gasteiger partial charge in [0, 0.05) is 5.57 Å². The van der Waals surface area contributed by atoms with Crippen molar-refractivity contribution in [2.24, 2.45) is 5.90 Å². The van der Waals surface area contributed by atoms with E-state index in [0.717, 1.165) is 0 Å². The summed E-state index contributed by atoms with van der Waals surface area (Å²) in [5.74, 6) is 5.02. The van der Waals surface area contributed by atoms with Gasteiger partial charge in [-0.05, 0) is 12.2 Å². The molecule has 3 heteroatoms. The molecule has 0 saturated carbocycles. The van der Waals surface area contributed by atoms with Crippen LogP contribution in [0.25, 0.3) is 0 Å². The molecule has 0 rings (SSSR count). The topological polar surface area (TPSA) is 59.0 Å². The van der Waals surface area contributed by atoms with E-state index in [9.17, 15) is 0 Å². The molecule has 0 atom stereocenters. The minimum atomic E-state index is 0.288. The molecule has 10 heavy (non-hydrogen) atoms. The fourth-order valence-electron chi connectivity index (χ4n) is 0.270. The zero-order valence-corrected chi connectivity index (χ0v) is 5.50. The molecule has 52 valence electrons. The summed E-state index contributed by atoms with van der Waals surface area (Å²) in [4.78, 5) is 4.21. The molecule has 0 aromatic carbocycles. The first-order chi connectivity index (χ1) is 4.70. The van der Waals surface area contributed by atoms with E-state index >= 15 is 0 Å². The van der Waals surface area contributed by atoms with Gasteiger partial charge >= 0.3 is 0 Å². The van der Waals surface area contributed by atoms with Gasteiger partial charge in [-0.25, -0.2) is 0 Å². The first-order valence-corrected chi connectivity index (χ1v) is 2.53. The summed E-state index contributed by atoms with van der Waals surface area (Å²) >= 11 is 0. The van der Waals surface area contributed by atoms with Gasteiger partial charge in [0.25, 0.3) is 0 Å². The fourth-order valence-corrected chi connectivity index (χ4v) is 0.270. The summed E-state index contributed by atoms with van der Waals surface area (Å²) in [7, 11) is 0. The highest BCUT2D eigenvalue weighted by molar-refractivity contribution is 5.31. The van der Waals surface area contributed by atoms with Crippen LogP contribution in [0.15, 0.2) is 36.6 Å². The van der Waals surface area contributed by atoms with Crippen molar-refractivity contribution < 1.29 is 4.84 Å². The van der Waals surface area contributed by atoms with Crippen molar-refractivity contribution in [3.63, 3.8) is 0 Å². The Kier molecular flexibility index (Phi) is 3.69. The maximum Gasteiger partial charge on any atom is 0.139 e. The van der Waals surface area contributed by atoms with E-state index in [4.69, 9.17) is 11.2 Å². The van der Waals surface area contributed by atoms with Crippen LogP contribution in [0.4, 0.5) is 0 Å². The predicted octanol–water partition coefficient (Wildman–Crippen LogP) is 1.03. The number of nitriles is 1. The summed E-state index contributed by atoms with van der Waals surface area (Å²) in [6.07, 6.45) is 2.93. The Bertz CT molecular complexity index is 210. The maximum atomic E-state index is 8.22. The smallest absolute Gasteiger partial charge is 0.139 e. The molecule has 0 aliphatic carbocycles. The summed E-state index contributed by atoms with van der Waals surface area (Å²) in [6, 6.07) is 1.83. The highest BCUT2D eigenvalue weighted by Gasteiger charge is 1.84. The highest BCUT2D eigenvalue weighted by atomic mass is 16.6. The molecule has 0 radical (unpaired) electrons. The lowest BCUT2D eigenvalue weighted by molar-refractivity contribution is 0.235. The molecule has 0 aliphatic rings. The minimum absolute atomic E-state index is 0.288. The van der Waals surface area contributed by atoms with Gasteiger partial charge < -0.3 is 4.84 Å². The van der Waals surface area contributed by atoms with E-state index < -0.39 is 0 Å². The average Bonchev–Trinajstić information content (AvgIpc) is 1.99. The number of hydrogen-bond acceptors (Lipinski definition) is 3. The van der Waals surface area contributed by atoms with E-state index in [1.54, 1.807) is 0 Å². The van der Waals surface area contributed by atoms with Crippen LogP contribution in [-0.2, 0) is 4.84 Å². The molecular weight excluding hydrogens is 128 g/mol. The largest absolute Gasteiger partial charge is 0.412 e. The molecule has 0 aromatic rings. The second-order valence-electron chi connectivity index (χ2n) is 1.55. The second-order valence-corrected chi connectivity index (χ2v) is 1.55. The molecule has 0 aromatic heterocycles. The number of hydrogen-bond donors (Lipinski definition) is 1. The predicted molar refractivity (Wildman–Crippen MR) is 38.3 cm³/mol. The number of nitrogens with two attached hydrogens (primary N) is 1. The Morgan fingerprint density at radius 3 is 2.50 bits per heavy atom. The van der Waals surface area contributed by atoms with Gasteiger partial charge in [-0.2, -0.15) is 11.2 Å². The second kappa shape index (κ2) is 4.36. The Morgan fingerprint density at radius 1 is 1.50 bits per heavy atom. The van der Waals surface area contributed by atoms with Crippen LogP contribution in [0.1, 0.15) is 0 Å². The summed E-state index contributed by atoms with van der Waals surface area (Å²) in [5, 5.41) is 8.22. The Balaban J connectivity index is 3.91. The minimum Gasteiger partial charge on any atom is -0.412 e. The van der Waals surface area contributed by atoms with E-state index in [1.165, 1.54) is 12.2 Å². The van der Waals surface area contributed by atoms with Crippen LogP contribution >= 0.6 is 0 Å². The quantitative estimate of drug-likeness (QED) is 0.273. The van der Waals surface area contributed by atoms with Gasteiger partial charge in [0.1, 0.15) is 5.76 Å². The van der Waals surface area contributed by atoms with Crippen molar-refractivity contribution in [2.45, 2.75) is 0 Å². The van der Waals surface area contributed by atoms with Crippen molar-refractivity contribution in [3.05, 3.63) is 36.6 Å². The molecular formula is C7H8N2O.